The van der Waals surface area contributed by atoms with Gasteiger partial charge >= 0.3 is 0 Å². The van der Waals surface area contributed by atoms with Crippen LogP contribution in [-0.2, 0) is 0 Å². The van der Waals surface area contributed by atoms with Gasteiger partial charge in [0.15, 0.2) is 0 Å². The fraction of sp³-hybridized carbons (Fsp3) is 0.500. The van der Waals surface area contributed by atoms with Crippen molar-refractivity contribution in [3.63, 3.8) is 0 Å². The minimum Gasteiger partial charge on any atom is -0.351 e. The number of piperidine rings is 1. The Kier molecular flexibility index (Phi) is 3.10. The summed E-state index contributed by atoms with van der Waals surface area (Å²) in [6, 6.07) is 11.3. The predicted octanol–water partition coefficient (Wildman–Crippen LogP) is 1.50. The maximum Gasteiger partial charge on any atom is 0.131 e. The summed E-state index contributed by atoms with van der Waals surface area (Å²) >= 11 is 0. The first kappa shape index (κ1) is 10.8. The van der Waals surface area contributed by atoms with E-state index in [1.807, 2.05) is 0 Å². The van der Waals surface area contributed by atoms with Crippen molar-refractivity contribution in [2.24, 2.45) is 4.99 Å². The van der Waals surface area contributed by atoms with Gasteiger partial charge in [-0.3, -0.25) is 4.99 Å². The van der Waals surface area contributed by atoms with Crippen LogP contribution < -0.4 is 5.32 Å². The number of aliphatic imine (C=N–C) groups is 1. The third-order valence-electron chi connectivity index (χ3n) is 3.66. The molecule has 1 aromatic carbocycles. The van der Waals surface area contributed by atoms with Gasteiger partial charge in [-0.05, 0) is 25.9 Å². The minimum atomic E-state index is 0.678. The van der Waals surface area contributed by atoms with Crippen molar-refractivity contribution in [2.45, 2.75) is 18.9 Å². The normalized spacial score (nSPS) is 21.6. The van der Waals surface area contributed by atoms with Crippen molar-refractivity contribution in [1.82, 2.24) is 10.2 Å². The molecule has 1 fully saturated rings. The average Bonchev–Trinajstić information content (AvgIpc) is 2.90. The van der Waals surface area contributed by atoms with E-state index < -0.39 is 0 Å². The molecule has 90 valence electrons. The summed E-state index contributed by atoms with van der Waals surface area (Å²) < 4.78 is 0. The van der Waals surface area contributed by atoms with E-state index in [9.17, 15) is 0 Å². The van der Waals surface area contributed by atoms with Crippen LogP contribution in [0.5, 0.6) is 0 Å². The van der Waals surface area contributed by atoms with Gasteiger partial charge in [0.1, 0.15) is 5.84 Å². The van der Waals surface area contributed by atoms with E-state index in [1.54, 1.807) is 0 Å². The monoisotopic (exact) mass is 229 g/mol. The molecule has 3 nitrogen and oxygen atoms in total. The van der Waals surface area contributed by atoms with E-state index in [-0.39, 0.29) is 0 Å². The Bertz CT molecular complexity index is 393. The zero-order chi connectivity index (χ0) is 11.5. The zero-order valence-corrected chi connectivity index (χ0v) is 10.1. The summed E-state index contributed by atoms with van der Waals surface area (Å²) in [5.41, 5.74) is 1.27. The molecule has 3 rings (SSSR count). The maximum absolute atomic E-state index is 4.68. The van der Waals surface area contributed by atoms with Gasteiger partial charge in [0.05, 0.1) is 6.54 Å². The van der Waals surface area contributed by atoms with Gasteiger partial charge in [-0.1, -0.05) is 30.3 Å². The highest BCUT2D eigenvalue weighted by molar-refractivity contribution is 5.99. The van der Waals surface area contributed by atoms with Crippen LogP contribution in [0.15, 0.2) is 35.3 Å². The molecule has 1 N–H and O–H groups in total. The molecule has 0 unspecified atom stereocenters. The topological polar surface area (TPSA) is 27.6 Å². The quantitative estimate of drug-likeness (QED) is 0.832. The fourth-order valence-electron chi connectivity index (χ4n) is 2.78. The Morgan fingerprint density at radius 3 is 2.65 bits per heavy atom. The molecule has 0 aromatic heterocycles. The van der Waals surface area contributed by atoms with E-state index in [0.29, 0.717) is 6.04 Å². The molecule has 2 aliphatic rings. The molecular formula is C14H19N3. The molecule has 0 saturated carbocycles. The van der Waals surface area contributed by atoms with Crippen LogP contribution in [0.1, 0.15) is 18.4 Å². The number of nitrogens with zero attached hydrogens (tertiary/aromatic N) is 2. The summed E-state index contributed by atoms with van der Waals surface area (Å²) in [6.07, 6.45) is 2.48. The van der Waals surface area contributed by atoms with Crippen LogP contribution in [0.25, 0.3) is 0 Å². The zero-order valence-electron chi connectivity index (χ0n) is 10.1. The lowest BCUT2D eigenvalue weighted by molar-refractivity contribution is 0.270. The van der Waals surface area contributed by atoms with Gasteiger partial charge in [0.25, 0.3) is 0 Å². The second kappa shape index (κ2) is 4.88. The summed E-state index contributed by atoms with van der Waals surface area (Å²) in [6.45, 7) is 4.33. The van der Waals surface area contributed by atoms with Crippen LogP contribution in [0.3, 0.4) is 0 Å². The first-order valence-corrected chi connectivity index (χ1v) is 6.52. The van der Waals surface area contributed by atoms with Gasteiger partial charge < -0.3 is 10.2 Å². The van der Waals surface area contributed by atoms with E-state index in [2.05, 4.69) is 45.5 Å². The Balaban J connectivity index is 1.79. The maximum atomic E-state index is 4.68. The Hall–Kier alpha value is -1.35. The largest absolute Gasteiger partial charge is 0.351 e. The molecule has 3 heteroatoms. The predicted molar refractivity (Wildman–Crippen MR) is 70.4 cm³/mol. The average molecular weight is 229 g/mol. The van der Waals surface area contributed by atoms with Crippen LogP contribution in [0.4, 0.5) is 0 Å². The van der Waals surface area contributed by atoms with Crippen LogP contribution in [0, 0.1) is 0 Å². The lowest BCUT2D eigenvalue weighted by Crippen LogP contribution is -2.45. The van der Waals surface area contributed by atoms with Crippen molar-refractivity contribution in [1.29, 1.82) is 0 Å². The summed E-state index contributed by atoms with van der Waals surface area (Å²) in [5.74, 6) is 1.21. The highest BCUT2D eigenvalue weighted by Gasteiger charge is 2.27. The number of rotatable bonds is 2. The standard InChI is InChI=1S/C14H19N3/c1-2-4-12(5-3-1)14-16-10-11-17(14)13-6-8-15-9-7-13/h1-5,13,15H,6-11H2. The van der Waals surface area contributed by atoms with E-state index in [4.69, 9.17) is 0 Å². The summed E-state index contributed by atoms with van der Waals surface area (Å²) in [5, 5.41) is 3.43. The number of hydrogen-bond acceptors (Lipinski definition) is 3. The van der Waals surface area contributed by atoms with Gasteiger partial charge in [-0.15, -0.1) is 0 Å². The Labute approximate surface area is 103 Å². The molecule has 2 heterocycles. The Morgan fingerprint density at radius 2 is 1.88 bits per heavy atom. The van der Waals surface area contributed by atoms with Crippen molar-refractivity contribution in [3.8, 4) is 0 Å². The molecule has 1 saturated heterocycles. The molecule has 0 amide bonds. The van der Waals surface area contributed by atoms with Gasteiger partial charge in [-0.2, -0.15) is 0 Å². The second-order valence-electron chi connectivity index (χ2n) is 4.75. The van der Waals surface area contributed by atoms with Gasteiger partial charge in [-0.25, -0.2) is 0 Å². The van der Waals surface area contributed by atoms with Crippen molar-refractivity contribution < 1.29 is 0 Å². The Morgan fingerprint density at radius 1 is 1.12 bits per heavy atom. The number of hydrogen-bond donors (Lipinski definition) is 1. The second-order valence-corrected chi connectivity index (χ2v) is 4.75. The van der Waals surface area contributed by atoms with Gasteiger partial charge in [0, 0.05) is 18.2 Å². The first-order chi connectivity index (χ1) is 8.45. The molecule has 0 spiro atoms. The summed E-state index contributed by atoms with van der Waals surface area (Å²) in [4.78, 5) is 7.19. The number of amidine groups is 1. The molecule has 17 heavy (non-hydrogen) atoms. The number of nitrogens with one attached hydrogen (secondary N) is 1. The molecule has 2 aliphatic heterocycles. The highest BCUT2D eigenvalue weighted by atomic mass is 15.3. The van der Waals surface area contributed by atoms with Crippen LogP contribution in [-0.4, -0.2) is 43.0 Å². The molecule has 1 aromatic rings. The van der Waals surface area contributed by atoms with Crippen LogP contribution in [0.2, 0.25) is 0 Å². The molecular weight excluding hydrogens is 210 g/mol. The third kappa shape index (κ3) is 2.20. The summed E-state index contributed by atoms with van der Waals surface area (Å²) in [7, 11) is 0. The van der Waals surface area contributed by atoms with E-state index in [1.165, 1.54) is 24.2 Å². The lowest BCUT2D eigenvalue weighted by atomic mass is 10.0. The lowest BCUT2D eigenvalue weighted by Gasteiger charge is -2.33. The highest BCUT2D eigenvalue weighted by Crippen LogP contribution is 2.19. The third-order valence-corrected chi connectivity index (χ3v) is 3.66. The fourth-order valence-corrected chi connectivity index (χ4v) is 2.78. The molecule has 0 bridgehead atoms. The van der Waals surface area contributed by atoms with Crippen molar-refractivity contribution in [3.05, 3.63) is 35.9 Å². The molecule has 0 aliphatic carbocycles. The van der Waals surface area contributed by atoms with E-state index >= 15 is 0 Å². The van der Waals surface area contributed by atoms with E-state index in [0.717, 1.165) is 26.2 Å². The van der Waals surface area contributed by atoms with Crippen LogP contribution >= 0.6 is 0 Å². The number of benzene rings is 1. The first-order valence-electron chi connectivity index (χ1n) is 6.52. The minimum absolute atomic E-state index is 0.678. The van der Waals surface area contributed by atoms with Crippen molar-refractivity contribution in [2.75, 3.05) is 26.2 Å². The van der Waals surface area contributed by atoms with Crippen molar-refractivity contribution >= 4 is 5.84 Å². The molecule has 0 atom stereocenters. The smallest absolute Gasteiger partial charge is 0.131 e. The molecule has 0 radical (unpaired) electrons. The van der Waals surface area contributed by atoms with Gasteiger partial charge in [0.2, 0.25) is 0 Å². The SMILES string of the molecule is c1ccc(C2=NCCN2C2CCNCC2)cc1.